The van der Waals surface area contributed by atoms with Crippen LogP contribution in [0.5, 0.6) is 0 Å². The van der Waals surface area contributed by atoms with Crippen LogP contribution in [0.1, 0.15) is 51.4 Å². The molecule has 16 nitrogen and oxygen atoms in total. The molecular weight excluding hydrogens is 902 g/mol. The number of β-amino-alcohol motifs (C(OH)–C–C–N with tert-alkyl or cyclic N) is 1. The Morgan fingerprint density at radius 3 is 2.24 bits per heavy atom. The summed E-state index contributed by atoms with van der Waals surface area (Å²) in [4.78, 5) is 75.6. The fraction of sp³-hybridized carbons (Fsp3) is 0.383. The summed E-state index contributed by atoms with van der Waals surface area (Å²) in [6.45, 7) is 12.2. The van der Waals surface area contributed by atoms with Crippen LogP contribution in [-0.4, -0.2) is 118 Å². The van der Waals surface area contributed by atoms with Crippen LogP contribution in [0.4, 0.5) is 33.5 Å². The van der Waals surface area contributed by atoms with Crippen molar-refractivity contribution in [2.75, 3.05) is 66.7 Å². The molecule has 0 saturated carbocycles. The third-order valence-electron chi connectivity index (χ3n) is 11.8. The van der Waals surface area contributed by atoms with Crippen LogP contribution in [0.3, 0.4) is 0 Å². The summed E-state index contributed by atoms with van der Waals surface area (Å²) in [7, 11) is 1.58. The van der Waals surface area contributed by atoms with Crippen molar-refractivity contribution in [3.05, 3.63) is 106 Å². The number of aliphatic hydroxyl groups is 1. The summed E-state index contributed by atoms with van der Waals surface area (Å²) >= 11 is 14.0. The molecule has 2 saturated heterocycles. The van der Waals surface area contributed by atoms with E-state index in [1.54, 1.807) is 42.6 Å². The molecule has 0 radical (unpaired) electrons. The van der Waals surface area contributed by atoms with E-state index < -0.39 is 35.5 Å². The molecule has 4 heterocycles. The average Bonchev–Trinajstić information content (AvgIpc) is 3.91. The van der Waals surface area contributed by atoms with Crippen molar-refractivity contribution in [1.29, 1.82) is 0 Å². The van der Waals surface area contributed by atoms with Crippen LogP contribution in [0.2, 0.25) is 10.0 Å². The lowest BCUT2D eigenvalue weighted by Crippen LogP contribution is -2.59. The Bertz CT molecular complexity index is 2510. The molecule has 3 aromatic carbocycles. The van der Waals surface area contributed by atoms with Gasteiger partial charge in [0.1, 0.15) is 30.0 Å². The van der Waals surface area contributed by atoms with Crippen LogP contribution < -0.4 is 31.1 Å². The number of aryl methyl sites for hydroxylation is 1. The van der Waals surface area contributed by atoms with Gasteiger partial charge in [0.2, 0.25) is 17.7 Å². The number of halogens is 2. The summed E-state index contributed by atoms with van der Waals surface area (Å²) in [5.41, 5.74) is 6.17. The van der Waals surface area contributed by atoms with Crippen molar-refractivity contribution in [2.45, 2.75) is 65.3 Å². The van der Waals surface area contributed by atoms with Gasteiger partial charge in [0.15, 0.2) is 0 Å². The maximum absolute atomic E-state index is 14.2. The van der Waals surface area contributed by atoms with Gasteiger partial charge in [0.05, 0.1) is 50.5 Å². The van der Waals surface area contributed by atoms with E-state index in [-0.39, 0.29) is 37.4 Å². The van der Waals surface area contributed by atoms with Gasteiger partial charge < -0.3 is 36.2 Å². The monoisotopic (exact) mass is 955 g/mol. The molecule has 2 aromatic heterocycles. The minimum absolute atomic E-state index is 0.00278. The van der Waals surface area contributed by atoms with Crippen molar-refractivity contribution >= 4 is 87.0 Å². The molecule has 2 fully saturated rings. The number of carbonyl (C=O) groups excluding carboxylic acids is 4. The zero-order chi connectivity index (χ0) is 47.3. The normalized spacial score (nSPS) is 17.5. The Hall–Kier alpha value is -5.85. The van der Waals surface area contributed by atoms with Crippen molar-refractivity contribution in [3.63, 3.8) is 0 Å². The third kappa shape index (κ3) is 11.6. The maximum Gasteiger partial charge on any atom is 0.327 e. The minimum atomic E-state index is -0.924. The summed E-state index contributed by atoms with van der Waals surface area (Å²) in [5.74, 6) is -0.209. The van der Waals surface area contributed by atoms with Gasteiger partial charge in [-0.2, -0.15) is 0 Å². The number of likely N-dealkylation sites (tertiary alicyclic amines) is 1. The second-order valence-electron chi connectivity index (χ2n) is 17.7. The zero-order valence-corrected chi connectivity index (χ0v) is 40.0. The highest BCUT2D eigenvalue weighted by atomic mass is 35.5. The highest BCUT2D eigenvalue weighted by Crippen LogP contribution is 2.32. The van der Waals surface area contributed by atoms with E-state index in [0.29, 0.717) is 53.5 Å². The number of rotatable bonds is 13. The fourth-order valence-corrected chi connectivity index (χ4v) is 9.31. The Morgan fingerprint density at radius 2 is 1.61 bits per heavy atom. The second-order valence-corrected chi connectivity index (χ2v) is 19.3. The first-order chi connectivity index (χ1) is 31.4. The summed E-state index contributed by atoms with van der Waals surface area (Å²) in [6, 6.07) is 19.8. The summed E-state index contributed by atoms with van der Waals surface area (Å²) in [5, 5.41) is 23.4. The quantitative estimate of drug-likeness (QED) is 0.0809. The SMILES string of the molecule is Cc1ncsc1-c1ccc([C@H](C)NC(=O)[C@@H]2C[C@@H](O)CN2C(=O)[C@@H](NC(=O)CN2CCN(c3ccc(Nc4cc(N(C)C(=O)Nc5c(Cl)cccc5Cl)ncn4)cc3)CC2)C(C)(C)C)cc1. The van der Waals surface area contributed by atoms with Crippen LogP contribution >= 0.6 is 34.5 Å². The molecule has 2 aliphatic heterocycles. The molecule has 4 atom stereocenters. The molecule has 19 heteroatoms. The number of para-hydroxylation sites is 1. The van der Waals surface area contributed by atoms with Crippen LogP contribution in [0.15, 0.2) is 84.6 Å². The topological polar surface area (TPSA) is 188 Å². The fourth-order valence-electron chi connectivity index (χ4n) is 8.00. The smallest absolute Gasteiger partial charge is 0.327 e. The van der Waals surface area contributed by atoms with Crippen LogP contribution in [0, 0.1) is 12.3 Å². The highest BCUT2D eigenvalue weighted by Gasteiger charge is 2.45. The highest BCUT2D eigenvalue weighted by molar-refractivity contribution is 7.13. The van der Waals surface area contributed by atoms with Crippen LogP contribution in [0.25, 0.3) is 10.4 Å². The number of aromatic nitrogens is 3. The van der Waals surface area contributed by atoms with Gasteiger partial charge in [-0.15, -0.1) is 11.3 Å². The Labute approximate surface area is 398 Å². The first-order valence-electron chi connectivity index (χ1n) is 21.7. The number of nitrogens with zero attached hydrogens (tertiary/aromatic N) is 7. The predicted octanol–water partition coefficient (Wildman–Crippen LogP) is 7.12. The number of nitrogens with one attached hydrogen (secondary N) is 4. The molecule has 0 spiro atoms. The molecule has 0 unspecified atom stereocenters. The van der Waals surface area contributed by atoms with Gasteiger partial charge >= 0.3 is 6.03 Å². The number of hydrogen-bond acceptors (Lipinski definition) is 12. The molecule has 348 valence electrons. The van der Waals surface area contributed by atoms with Gasteiger partial charge in [-0.05, 0) is 66.8 Å². The minimum Gasteiger partial charge on any atom is -0.391 e. The zero-order valence-electron chi connectivity index (χ0n) is 37.7. The number of amides is 5. The lowest BCUT2D eigenvalue weighted by Gasteiger charge is -2.37. The number of urea groups is 1. The molecule has 0 aliphatic carbocycles. The number of benzene rings is 3. The van der Waals surface area contributed by atoms with E-state index in [2.05, 4.69) is 46.0 Å². The summed E-state index contributed by atoms with van der Waals surface area (Å²) < 4.78 is 0. The molecule has 0 bridgehead atoms. The van der Waals surface area contributed by atoms with Gasteiger partial charge in [-0.3, -0.25) is 24.2 Å². The van der Waals surface area contributed by atoms with E-state index in [4.69, 9.17) is 23.2 Å². The molecule has 5 aromatic rings. The van der Waals surface area contributed by atoms with Crippen molar-refractivity contribution in [2.24, 2.45) is 5.41 Å². The molecule has 66 heavy (non-hydrogen) atoms. The Balaban J connectivity index is 0.891. The first-order valence-corrected chi connectivity index (χ1v) is 23.3. The average molecular weight is 957 g/mol. The molecule has 5 N–H and O–H groups in total. The first kappa shape index (κ1) is 48.1. The van der Waals surface area contributed by atoms with E-state index in [9.17, 15) is 24.3 Å². The van der Waals surface area contributed by atoms with Crippen LogP contribution in [-0.2, 0) is 14.4 Å². The lowest BCUT2D eigenvalue weighted by molar-refractivity contribution is -0.144. The largest absolute Gasteiger partial charge is 0.391 e. The predicted molar refractivity (Wildman–Crippen MR) is 261 cm³/mol. The van der Waals surface area contributed by atoms with Gasteiger partial charge in [-0.25, -0.2) is 19.7 Å². The van der Waals surface area contributed by atoms with Gasteiger partial charge in [-0.1, -0.05) is 74.3 Å². The number of hydrogen-bond donors (Lipinski definition) is 5. The number of anilines is 5. The second kappa shape index (κ2) is 20.8. The Kier molecular flexibility index (Phi) is 15.1. The molecule has 2 aliphatic rings. The molecule has 7 rings (SSSR count). The maximum atomic E-state index is 14.2. The third-order valence-corrected chi connectivity index (χ3v) is 13.4. The van der Waals surface area contributed by atoms with Gasteiger partial charge in [0.25, 0.3) is 0 Å². The van der Waals surface area contributed by atoms with E-state index in [0.717, 1.165) is 33.1 Å². The van der Waals surface area contributed by atoms with E-state index >= 15 is 0 Å². The lowest BCUT2D eigenvalue weighted by atomic mass is 9.85. The van der Waals surface area contributed by atoms with E-state index in [1.807, 2.05) is 88.7 Å². The summed E-state index contributed by atoms with van der Waals surface area (Å²) in [6.07, 6.45) is 0.598. The van der Waals surface area contributed by atoms with Crippen molar-refractivity contribution in [3.8, 4) is 10.4 Å². The number of thiazole rings is 1. The standard InChI is InChI=1S/C47H55Cl2N11O5S/c1-28(30-10-12-31(13-11-30)42-29(2)52-27-66-42)53-44(63)37-22-34(61)24-60(37)45(64)43(47(3,4)5)55-40(62)25-58-18-20-59(21-19-58)33-16-14-32(15-17-33)54-38-23-39(51-26-50-38)57(6)46(65)56-41-35(48)8-7-9-36(41)49/h7-17,23,26-28,34,37,43,61H,18-22,24-25H2,1-6H3,(H,53,63)(H,55,62)(H,56,65)(H,50,51,54)/t28-,34+,37-,43+/m0/s1. The number of piperazine rings is 1. The van der Waals surface area contributed by atoms with Gasteiger partial charge in [0, 0.05) is 63.6 Å². The van der Waals surface area contributed by atoms with Crippen molar-refractivity contribution < 1.29 is 24.3 Å². The Morgan fingerprint density at radius 1 is 0.924 bits per heavy atom. The van der Waals surface area contributed by atoms with E-state index in [1.165, 1.54) is 16.1 Å². The number of carbonyl (C=O) groups is 4. The van der Waals surface area contributed by atoms with Crippen molar-refractivity contribution in [1.82, 2.24) is 35.4 Å². The molecular formula is C47H55Cl2N11O5S. The molecule has 5 amide bonds. The number of aliphatic hydroxyl groups excluding tert-OH is 1.